The molecule has 0 spiro atoms. The zero-order valence-electron chi connectivity index (χ0n) is 12.4. The summed E-state index contributed by atoms with van der Waals surface area (Å²) < 4.78 is 6.84. The molecule has 1 aromatic heterocycles. The highest BCUT2D eigenvalue weighted by Gasteiger charge is 2.08. The van der Waals surface area contributed by atoms with Gasteiger partial charge < -0.3 is 15.1 Å². The molecule has 0 saturated carbocycles. The molecule has 2 N–H and O–H groups in total. The molecule has 1 heterocycles. The molecule has 0 aliphatic rings. The van der Waals surface area contributed by atoms with E-state index in [2.05, 4.69) is 59.5 Å². The molecule has 3 nitrogen and oxygen atoms in total. The molecule has 0 aliphatic carbocycles. The molecule has 0 amide bonds. The van der Waals surface area contributed by atoms with E-state index in [1.165, 1.54) is 0 Å². The minimum atomic E-state index is 0.199. The van der Waals surface area contributed by atoms with Crippen molar-refractivity contribution < 1.29 is 4.42 Å². The van der Waals surface area contributed by atoms with Crippen molar-refractivity contribution in [1.82, 2.24) is 10.6 Å². The highest BCUT2D eigenvalue weighted by molar-refractivity contribution is 9.10. The van der Waals surface area contributed by atoms with Crippen LogP contribution in [0.4, 0.5) is 0 Å². The summed E-state index contributed by atoms with van der Waals surface area (Å²) in [6, 6.07) is 8.19. The molecule has 110 valence electrons. The Balaban J connectivity index is 1.75. The van der Waals surface area contributed by atoms with Gasteiger partial charge in [0.25, 0.3) is 0 Å². The van der Waals surface area contributed by atoms with Crippen LogP contribution in [-0.2, 0) is 6.54 Å². The fraction of sp³-hybridized carbons (Fsp3) is 0.500. The van der Waals surface area contributed by atoms with Crippen LogP contribution in [0.15, 0.2) is 33.2 Å². The summed E-state index contributed by atoms with van der Waals surface area (Å²) in [6.07, 6.45) is 1.11. The topological polar surface area (TPSA) is 37.2 Å². The molecule has 0 fully saturated rings. The Morgan fingerprint density at radius 2 is 2.00 bits per heavy atom. The highest BCUT2D eigenvalue weighted by Crippen LogP contribution is 2.26. The van der Waals surface area contributed by atoms with Gasteiger partial charge in [-0.3, -0.25) is 0 Å². The summed E-state index contributed by atoms with van der Waals surface area (Å²) >= 11 is 3.51. The lowest BCUT2D eigenvalue weighted by Gasteiger charge is -2.20. The Morgan fingerprint density at radius 1 is 1.20 bits per heavy atom. The lowest BCUT2D eigenvalue weighted by Crippen LogP contribution is -2.37. The summed E-state index contributed by atoms with van der Waals surface area (Å²) in [7, 11) is 0. The summed E-state index contributed by atoms with van der Waals surface area (Å²) in [5.41, 5.74) is 1.13. The molecule has 2 rings (SSSR count). The lowest BCUT2D eigenvalue weighted by molar-refractivity contribution is 0.416. The van der Waals surface area contributed by atoms with E-state index in [1.807, 2.05) is 12.1 Å². The molecule has 4 heteroatoms. The third-order valence-corrected chi connectivity index (χ3v) is 3.66. The van der Waals surface area contributed by atoms with E-state index in [-0.39, 0.29) is 5.54 Å². The summed E-state index contributed by atoms with van der Waals surface area (Å²) in [5.74, 6) is 0.982. The standard InChI is InChI=1S/C16H23BrN2O/c1-16(2,3)19-9-5-8-18-11-13-10-12-6-4-7-14(17)15(12)20-13/h4,6-7,10,18-19H,5,8-9,11H2,1-3H3. The van der Waals surface area contributed by atoms with Gasteiger partial charge in [0.2, 0.25) is 0 Å². The molecule has 20 heavy (non-hydrogen) atoms. The van der Waals surface area contributed by atoms with E-state index in [1.54, 1.807) is 0 Å². The third-order valence-electron chi connectivity index (χ3n) is 3.03. The van der Waals surface area contributed by atoms with Gasteiger partial charge in [-0.25, -0.2) is 0 Å². The second-order valence-electron chi connectivity index (χ2n) is 6.08. The molecule has 0 bridgehead atoms. The van der Waals surface area contributed by atoms with Crippen molar-refractivity contribution in [1.29, 1.82) is 0 Å². The average Bonchev–Trinajstić information content (AvgIpc) is 2.77. The van der Waals surface area contributed by atoms with E-state index >= 15 is 0 Å². The van der Waals surface area contributed by atoms with E-state index in [0.29, 0.717) is 0 Å². The van der Waals surface area contributed by atoms with Crippen molar-refractivity contribution in [3.05, 3.63) is 34.5 Å². The number of hydrogen-bond acceptors (Lipinski definition) is 3. The summed E-state index contributed by atoms with van der Waals surface area (Å²) in [6.45, 7) is 9.35. The van der Waals surface area contributed by atoms with Crippen LogP contribution in [0.3, 0.4) is 0 Å². The Labute approximate surface area is 129 Å². The number of rotatable bonds is 6. The zero-order chi connectivity index (χ0) is 14.6. The fourth-order valence-electron chi connectivity index (χ4n) is 2.06. The Kier molecular flexibility index (Phi) is 5.24. The van der Waals surface area contributed by atoms with Gasteiger partial charge >= 0.3 is 0 Å². The van der Waals surface area contributed by atoms with Gasteiger partial charge in [0.05, 0.1) is 11.0 Å². The van der Waals surface area contributed by atoms with E-state index in [0.717, 1.165) is 47.3 Å². The Bertz CT molecular complexity index is 557. The number of nitrogens with one attached hydrogen (secondary N) is 2. The van der Waals surface area contributed by atoms with E-state index < -0.39 is 0 Å². The second kappa shape index (κ2) is 6.74. The molecule has 0 aliphatic heterocycles. The smallest absolute Gasteiger partial charge is 0.148 e. The fourth-order valence-corrected chi connectivity index (χ4v) is 2.52. The first-order valence-electron chi connectivity index (χ1n) is 7.08. The molecule has 0 saturated heterocycles. The molecule has 0 atom stereocenters. The monoisotopic (exact) mass is 338 g/mol. The number of furan rings is 1. The van der Waals surface area contributed by atoms with Gasteiger partial charge in [0.1, 0.15) is 11.3 Å². The quantitative estimate of drug-likeness (QED) is 0.780. The minimum absolute atomic E-state index is 0.199. The van der Waals surface area contributed by atoms with E-state index in [4.69, 9.17) is 4.42 Å². The van der Waals surface area contributed by atoms with Crippen LogP contribution in [0.5, 0.6) is 0 Å². The highest BCUT2D eigenvalue weighted by atomic mass is 79.9. The Hall–Kier alpha value is -0.840. The van der Waals surface area contributed by atoms with Crippen LogP contribution in [0.2, 0.25) is 0 Å². The minimum Gasteiger partial charge on any atom is -0.459 e. The molecular weight excluding hydrogens is 316 g/mol. The van der Waals surface area contributed by atoms with Crippen LogP contribution in [0.1, 0.15) is 33.0 Å². The third kappa shape index (κ3) is 4.62. The second-order valence-corrected chi connectivity index (χ2v) is 6.93. The van der Waals surface area contributed by atoms with Crippen molar-refractivity contribution >= 4 is 26.9 Å². The number of para-hydroxylation sites is 1. The Morgan fingerprint density at radius 3 is 2.70 bits per heavy atom. The van der Waals surface area contributed by atoms with Gasteiger partial charge in [-0.2, -0.15) is 0 Å². The maximum Gasteiger partial charge on any atom is 0.148 e. The first-order chi connectivity index (χ1) is 9.46. The van der Waals surface area contributed by atoms with Crippen molar-refractivity contribution in [2.75, 3.05) is 13.1 Å². The van der Waals surface area contributed by atoms with Crippen LogP contribution in [0.25, 0.3) is 11.0 Å². The van der Waals surface area contributed by atoms with Crippen molar-refractivity contribution in [3.8, 4) is 0 Å². The maximum absolute atomic E-state index is 5.83. The molecule has 1 aromatic carbocycles. The molecule has 0 unspecified atom stereocenters. The summed E-state index contributed by atoms with van der Waals surface area (Å²) in [5, 5.41) is 8.04. The predicted octanol–water partition coefficient (Wildman–Crippen LogP) is 4.06. The van der Waals surface area contributed by atoms with Gasteiger partial charge in [0, 0.05) is 10.9 Å². The first kappa shape index (κ1) is 15.5. The number of halogens is 1. The van der Waals surface area contributed by atoms with E-state index in [9.17, 15) is 0 Å². The molecule has 2 aromatic rings. The predicted molar refractivity (Wildman–Crippen MR) is 88.0 cm³/mol. The molecular formula is C16H23BrN2O. The summed E-state index contributed by atoms with van der Waals surface area (Å²) in [4.78, 5) is 0. The van der Waals surface area contributed by atoms with Gasteiger partial charge in [-0.15, -0.1) is 0 Å². The molecule has 0 radical (unpaired) electrons. The van der Waals surface area contributed by atoms with Crippen LogP contribution < -0.4 is 10.6 Å². The SMILES string of the molecule is CC(C)(C)NCCCNCc1cc2cccc(Br)c2o1. The van der Waals surface area contributed by atoms with Gasteiger partial charge in [0.15, 0.2) is 0 Å². The van der Waals surface area contributed by atoms with Gasteiger partial charge in [-0.05, 0) is 68.3 Å². The van der Waals surface area contributed by atoms with Crippen LogP contribution in [0, 0.1) is 0 Å². The van der Waals surface area contributed by atoms with Crippen LogP contribution >= 0.6 is 15.9 Å². The normalized spacial score (nSPS) is 12.2. The average molecular weight is 339 g/mol. The van der Waals surface area contributed by atoms with Crippen molar-refractivity contribution in [2.24, 2.45) is 0 Å². The lowest BCUT2D eigenvalue weighted by atomic mass is 10.1. The number of benzene rings is 1. The van der Waals surface area contributed by atoms with Crippen molar-refractivity contribution in [3.63, 3.8) is 0 Å². The zero-order valence-corrected chi connectivity index (χ0v) is 14.0. The largest absolute Gasteiger partial charge is 0.459 e. The number of hydrogen-bond donors (Lipinski definition) is 2. The first-order valence-corrected chi connectivity index (χ1v) is 7.88. The van der Waals surface area contributed by atoms with Crippen LogP contribution in [-0.4, -0.2) is 18.6 Å². The maximum atomic E-state index is 5.83. The van der Waals surface area contributed by atoms with Crippen molar-refractivity contribution in [2.45, 2.75) is 39.3 Å². The van der Waals surface area contributed by atoms with Gasteiger partial charge in [-0.1, -0.05) is 12.1 Å². The number of fused-ring (bicyclic) bond motifs is 1.